The van der Waals surface area contributed by atoms with Gasteiger partial charge in [-0.3, -0.25) is 24.0 Å². The van der Waals surface area contributed by atoms with Gasteiger partial charge < -0.3 is 15.0 Å². The third kappa shape index (κ3) is 7.99. The number of benzene rings is 3. The Morgan fingerprint density at radius 3 is 2.20 bits per heavy atom. The second kappa shape index (κ2) is 14.7. The molecule has 2 amide bonds. The largest absolute Gasteiger partial charge is 0.497 e. The van der Waals surface area contributed by atoms with Crippen molar-refractivity contribution in [1.29, 1.82) is 0 Å². The number of hydrogen-bond acceptors (Lipinski definition) is 7. The molecule has 0 saturated carbocycles. The lowest BCUT2D eigenvalue weighted by Gasteiger charge is -2.32. The lowest BCUT2D eigenvalue weighted by Crippen LogP contribution is -2.52. The molecule has 0 unspecified atom stereocenters. The normalized spacial score (nSPS) is 12.6. The maximum Gasteiger partial charge on any atom is 0.273 e. The van der Waals surface area contributed by atoms with Gasteiger partial charge in [-0.05, 0) is 69.7 Å². The van der Waals surface area contributed by atoms with Crippen LogP contribution in [0.2, 0.25) is 10.0 Å². The zero-order valence-corrected chi connectivity index (χ0v) is 27.2. The van der Waals surface area contributed by atoms with Gasteiger partial charge in [0.05, 0.1) is 22.6 Å². The SMILES string of the molecule is CC[C@H](C)NC(=O)[C@@H](C)N(Cc1c(Cl)cccc1Cl)C(=O)CN(c1ccc(OC)cc1)S(=O)(=O)c1ccc(C)c([N+](=O)[O-])c1. The van der Waals surface area contributed by atoms with Gasteiger partial charge in [0.1, 0.15) is 18.3 Å². The molecule has 0 fully saturated rings. The van der Waals surface area contributed by atoms with Crippen LogP contribution in [0.15, 0.2) is 65.6 Å². The van der Waals surface area contributed by atoms with Crippen molar-refractivity contribution in [3.8, 4) is 5.75 Å². The molecule has 0 aliphatic rings. The van der Waals surface area contributed by atoms with Crippen LogP contribution in [0.25, 0.3) is 0 Å². The Morgan fingerprint density at radius 1 is 1.05 bits per heavy atom. The number of nitro groups is 1. The highest BCUT2D eigenvalue weighted by Crippen LogP contribution is 2.31. The molecule has 3 rings (SSSR count). The van der Waals surface area contributed by atoms with Crippen molar-refractivity contribution in [2.75, 3.05) is 18.0 Å². The molecule has 14 heteroatoms. The number of anilines is 1. The van der Waals surface area contributed by atoms with Gasteiger partial charge in [0.15, 0.2) is 0 Å². The molecular formula is C30H34Cl2N4O7S. The molecular weight excluding hydrogens is 631 g/mol. The average molecular weight is 666 g/mol. The van der Waals surface area contributed by atoms with Crippen molar-refractivity contribution < 1.29 is 27.7 Å². The summed E-state index contributed by atoms with van der Waals surface area (Å²) in [7, 11) is -3.10. The monoisotopic (exact) mass is 664 g/mol. The number of methoxy groups -OCH3 is 1. The van der Waals surface area contributed by atoms with Gasteiger partial charge in [-0.15, -0.1) is 0 Å². The fourth-order valence-electron chi connectivity index (χ4n) is 4.25. The van der Waals surface area contributed by atoms with E-state index in [1.165, 1.54) is 62.3 Å². The average Bonchev–Trinajstić information content (AvgIpc) is 2.99. The van der Waals surface area contributed by atoms with Crippen LogP contribution in [0.3, 0.4) is 0 Å². The van der Waals surface area contributed by atoms with E-state index in [9.17, 15) is 28.1 Å². The van der Waals surface area contributed by atoms with Gasteiger partial charge in [-0.25, -0.2) is 8.42 Å². The van der Waals surface area contributed by atoms with E-state index in [0.717, 1.165) is 10.4 Å². The first-order valence-electron chi connectivity index (χ1n) is 13.7. The van der Waals surface area contributed by atoms with Crippen molar-refractivity contribution in [1.82, 2.24) is 10.2 Å². The van der Waals surface area contributed by atoms with Gasteiger partial charge >= 0.3 is 0 Å². The number of nitrogens with one attached hydrogen (secondary N) is 1. The Kier molecular flexibility index (Phi) is 11.6. The zero-order chi connectivity index (χ0) is 32.8. The molecule has 0 spiro atoms. The van der Waals surface area contributed by atoms with Crippen LogP contribution in [-0.2, 0) is 26.2 Å². The predicted molar refractivity (Wildman–Crippen MR) is 170 cm³/mol. The van der Waals surface area contributed by atoms with E-state index in [1.54, 1.807) is 18.2 Å². The number of ether oxygens (including phenoxy) is 1. The molecule has 0 bridgehead atoms. The van der Waals surface area contributed by atoms with Gasteiger partial charge in [0.2, 0.25) is 11.8 Å². The summed E-state index contributed by atoms with van der Waals surface area (Å²) in [6.45, 7) is 5.78. The number of amides is 2. The van der Waals surface area contributed by atoms with Crippen molar-refractivity contribution in [2.24, 2.45) is 0 Å². The van der Waals surface area contributed by atoms with Crippen LogP contribution < -0.4 is 14.4 Å². The number of carbonyl (C=O) groups excluding carboxylic acids is 2. The second-order valence-electron chi connectivity index (χ2n) is 10.1. The van der Waals surface area contributed by atoms with Crippen molar-refractivity contribution in [2.45, 2.75) is 57.6 Å². The summed E-state index contributed by atoms with van der Waals surface area (Å²) >= 11 is 12.8. The Morgan fingerprint density at radius 2 is 1.66 bits per heavy atom. The van der Waals surface area contributed by atoms with Crippen LogP contribution >= 0.6 is 23.2 Å². The van der Waals surface area contributed by atoms with E-state index in [1.807, 2.05) is 13.8 Å². The molecule has 0 aromatic heterocycles. The van der Waals surface area contributed by atoms with Gasteiger partial charge in [-0.1, -0.05) is 42.3 Å². The third-order valence-electron chi connectivity index (χ3n) is 7.16. The second-order valence-corrected chi connectivity index (χ2v) is 12.8. The standard InChI is InChI=1S/C30H34Cl2N4O7S/c1-6-20(3)33-30(38)21(4)34(17-25-26(31)8-7-9-27(25)32)29(37)18-35(22-11-13-23(43-5)14-12-22)44(41,42)24-15-10-19(2)28(16-24)36(39)40/h7-16,20-21H,6,17-18H2,1-5H3,(H,33,38)/t20-,21+/m0/s1. The van der Waals surface area contributed by atoms with E-state index in [2.05, 4.69) is 5.32 Å². The first kappa shape index (κ1) is 34.6. The lowest BCUT2D eigenvalue weighted by atomic mass is 10.1. The molecule has 1 N–H and O–H groups in total. The molecule has 0 heterocycles. The minimum absolute atomic E-state index is 0.0924. The number of aryl methyl sites for hydroxylation is 1. The number of nitrogens with zero attached hydrogens (tertiary/aromatic N) is 3. The number of halogens is 2. The Labute approximate surface area is 266 Å². The fraction of sp³-hybridized carbons (Fsp3) is 0.333. The molecule has 236 valence electrons. The summed E-state index contributed by atoms with van der Waals surface area (Å²) in [5.41, 5.74) is 0.345. The highest BCUT2D eigenvalue weighted by Gasteiger charge is 2.34. The van der Waals surface area contributed by atoms with Crippen LogP contribution in [0.4, 0.5) is 11.4 Å². The minimum atomic E-state index is -4.55. The molecule has 3 aromatic rings. The van der Waals surface area contributed by atoms with E-state index < -0.39 is 45.0 Å². The lowest BCUT2D eigenvalue weighted by molar-refractivity contribution is -0.385. The van der Waals surface area contributed by atoms with E-state index in [-0.39, 0.29) is 38.8 Å². The number of hydrogen-bond donors (Lipinski definition) is 1. The third-order valence-corrected chi connectivity index (χ3v) is 9.64. The van der Waals surface area contributed by atoms with Crippen LogP contribution in [0, 0.1) is 17.0 Å². The van der Waals surface area contributed by atoms with Crippen LogP contribution in [0.5, 0.6) is 5.75 Å². The summed E-state index contributed by atoms with van der Waals surface area (Å²) < 4.78 is 34.2. The van der Waals surface area contributed by atoms with Crippen molar-refractivity contribution >= 4 is 56.4 Å². The first-order valence-corrected chi connectivity index (χ1v) is 15.8. The van der Waals surface area contributed by atoms with E-state index >= 15 is 0 Å². The van der Waals surface area contributed by atoms with Gasteiger partial charge in [0.25, 0.3) is 15.7 Å². The molecule has 2 atom stereocenters. The molecule has 0 aliphatic heterocycles. The Balaban J connectivity index is 2.13. The summed E-state index contributed by atoms with van der Waals surface area (Å²) in [6.07, 6.45) is 0.648. The highest BCUT2D eigenvalue weighted by molar-refractivity contribution is 7.92. The molecule has 0 aliphatic carbocycles. The minimum Gasteiger partial charge on any atom is -0.497 e. The molecule has 44 heavy (non-hydrogen) atoms. The van der Waals surface area contributed by atoms with Gasteiger partial charge in [-0.2, -0.15) is 0 Å². The number of carbonyl (C=O) groups is 2. The molecule has 3 aromatic carbocycles. The van der Waals surface area contributed by atoms with Crippen LogP contribution in [-0.4, -0.2) is 55.8 Å². The maximum absolute atomic E-state index is 14.1. The summed E-state index contributed by atoms with van der Waals surface area (Å²) in [5.74, 6) is -0.758. The van der Waals surface area contributed by atoms with Crippen LogP contribution in [0.1, 0.15) is 38.3 Å². The predicted octanol–water partition coefficient (Wildman–Crippen LogP) is 5.75. The maximum atomic E-state index is 14.1. The summed E-state index contributed by atoms with van der Waals surface area (Å²) in [6, 6.07) is 13.0. The number of nitro benzene ring substituents is 1. The summed E-state index contributed by atoms with van der Waals surface area (Å²) in [5, 5.41) is 15.0. The number of sulfonamides is 1. The zero-order valence-electron chi connectivity index (χ0n) is 24.9. The van der Waals surface area contributed by atoms with E-state index in [0.29, 0.717) is 17.7 Å². The smallest absolute Gasteiger partial charge is 0.273 e. The topological polar surface area (TPSA) is 139 Å². The number of rotatable bonds is 13. The van der Waals surface area contributed by atoms with E-state index in [4.69, 9.17) is 27.9 Å². The Hall–Kier alpha value is -3.87. The van der Waals surface area contributed by atoms with Crippen molar-refractivity contribution in [3.05, 3.63) is 92.0 Å². The summed E-state index contributed by atoms with van der Waals surface area (Å²) in [4.78, 5) is 39.1. The fourth-order valence-corrected chi connectivity index (χ4v) is 6.20. The molecule has 0 saturated heterocycles. The van der Waals surface area contributed by atoms with Gasteiger partial charge in [0, 0.05) is 39.8 Å². The Bertz CT molecular complexity index is 1610. The highest BCUT2D eigenvalue weighted by atomic mass is 35.5. The molecule has 11 nitrogen and oxygen atoms in total. The molecule has 0 radical (unpaired) electrons. The van der Waals surface area contributed by atoms with Crippen molar-refractivity contribution in [3.63, 3.8) is 0 Å². The first-order chi connectivity index (χ1) is 20.7. The quantitative estimate of drug-likeness (QED) is 0.181.